The van der Waals surface area contributed by atoms with Crippen LogP contribution in [-0.2, 0) is 4.79 Å². The van der Waals surface area contributed by atoms with Gasteiger partial charge in [-0.15, -0.1) is 0 Å². The minimum atomic E-state index is 0.370. The zero-order chi connectivity index (χ0) is 6.69. The fourth-order valence-corrected chi connectivity index (χ4v) is 9.25. The third kappa shape index (κ3) is 1.93. The molecule has 2 nitrogen and oxygen atoms in total. The van der Waals surface area contributed by atoms with Crippen LogP contribution in [0.2, 0.25) is 9.03 Å². The molecule has 1 fully saturated rings. The Hall–Kier alpha value is 0.419. The van der Waals surface area contributed by atoms with Gasteiger partial charge in [0.2, 0.25) is 0 Å². The summed E-state index contributed by atoms with van der Waals surface area (Å²) in [5, 5.41) is 0. The topological polar surface area (TPSA) is 29.4 Å². The summed E-state index contributed by atoms with van der Waals surface area (Å²) in [6, 6.07) is 0. The maximum atomic E-state index is 9.83. The Bertz CT molecular complexity index is 144. The number of carbonyl (C=O) groups excluding carboxylic acids is 1. The SMILES string of the molecule is CC1[Se]C[Se]C1N=C=O. The van der Waals surface area contributed by atoms with Crippen LogP contribution in [0.4, 0.5) is 0 Å². The Morgan fingerprint density at radius 3 is 2.89 bits per heavy atom. The molecule has 1 aliphatic rings. The molecule has 0 bridgehead atoms. The van der Waals surface area contributed by atoms with E-state index in [2.05, 4.69) is 11.9 Å². The molecule has 9 heavy (non-hydrogen) atoms. The van der Waals surface area contributed by atoms with E-state index >= 15 is 0 Å². The van der Waals surface area contributed by atoms with Gasteiger partial charge in [0.25, 0.3) is 0 Å². The summed E-state index contributed by atoms with van der Waals surface area (Å²) in [5.74, 6) is 0. The summed E-state index contributed by atoms with van der Waals surface area (Å²) in [4.78, 5) is 14.6. The zero-order valence-corrected chi connectivity index (χ0v) is 8.46. The second-order valence-corrected chi connectivity index (χ2v) is 8.80. The van der Waals surface area contributed by atoms with Crippen LogP contribution in [-0.4, -0.2) is 40.9 Å². The summed E-state index contributed by atoms with van der Waals surface area (Å²) in [5.41, 5.74) is 0. The molecule has 1 aliphatic heterocycles. The standard InChI is InChI=1S/C5H7NOSe2/c1-4-5(6-2-7)9-3-8-4/h4-5H,3H2,1H3. The van der Waals surface area contributed by atoms with Crippen molar-refractivity contribution in [2.45, 2.75) is 20.9 Å². The van der Waals surface area contributed by atoms with Gasteiger partial charge in [0.15, 0.2) is 0 Å². The van der Waals surface area contributed by atoms with Gasteiger partial charge < -0.3 is 0 Å². The molecule has 1 heterocycles. The van der Waals surface area contributed by atoms with Gasteiger partial charge >= 0.3 is 66.7 Å². The molecule has 0 aromatic rings. The first-order valence-corrected chi connectivity index (χ1v) is 7.05. The van der Waals surface area contributed by atoms with E-state index in [4.69, 9.17) is 0 Å². The average Bonchev–Trinajstić information content (AvgIpc) is 2.18. The predicted molar refractivity (Wildman–Crippen MR) is 37.6 cm³/mol. The van der Waals surface area contributed by atoms with Crippen molar-refractivity contribution in [2.75, 3.05) is 0 Å². The molecule has 1 saturated heterocycles. The Kier molecular flexibility index (Phi) is 2.97. The van der Waals surface area contributed by atoms with Gasteiger partial charge in [-0.25, -0.2) is 0 Å². The summed E-state index contributed by atoms with van der Waals surface area (Å²) in [7, 11) is 0. The Labute approximate surface area is 66.8 Å². The van der Waals surface area contributed by atoms with Crippen molar-refractivity contribution in [1.82, 2.24) is 0 Å². The van der Waals surface area contributed by atoms with Crippen LogP contribution in [0, 0.1) is 0 Å². The van der Waals surface area contributed by atoms with Crippen LogP contribution in [0.15, 0.2) is 4.99 Å². The van der Waals surface area contributed by atoms with E-state index in [0.717, 1.165) is 15.0 Å². The normalized spacial score (nSPS) is 33.9. The van der Waals surface area contributed by atoms with Crippen molar-refractivity contribution in [3.05, 3.63) is 0 Å². The van der Waals surface area contributed by atoms with Crippen LogP contribution in [0.3, 0.4) is 0 Å². The molecule has 50 valence electrons. The second kappa shape index (κ2) is 3.55. The van der Waals surface area contributed by atoms with Crippen molar-refractivity contribution in [3.63, 3.8) is 0 Å². The third-order valence-corrected chi connectivity index (χ3v) is 9.00. The van der Waals surface area contributed by atoms with Crippen molar-refractivity contribution >= 4 is 36.0 Å². The first-order valence-electron chi connectivity index (χ1n) is 2.65. The van der Waals surface area contributed by atoms with E-state index in [0.29, 0.717) is 24.7 Å². The van der Waals surface area contributed by atoms with Crippen LogP contribution in [0.25, 0.3) is 0 Å². The summed E-state index contributed by atoms with van der Waals surface area (Å²) < 4.78 is 1.34. The van der Waals surface area contributed by atoms with Crippen molar-refractivity contribution in [3.8, 4) is 0 Å². The van der Waals surface area contributed by atoms with Gasteiger partial charge in [0.1, 0.15) is 0 Å². The number of hydrogen-bond donors (Lipinski definition) is 0. The molecule has 0 saturated carbocycles. The van der Waals surface area contributed by atoms with Gasteiger partial charge in [-0.1, -0.05) is 0 Å². The van der Waals surface area contributed by atoms with Gasteiger partial charge in [-0.2, -0.15) is 0 Å². The zero-order valence-electron chi connectivity index (χ0n) is 5.03. The number of rotatable bonds is 1. The third-order valence-electron chi connectivity index (χ3n) is 1.15. The van der Waals surface area contributed by atoms with E-state index in [1.54, 1.807) is 6.08 Å². The van der Waals surface area contributed by atoms with E-state index < -0.39 is 0 Å². The first-order chi connectivity index (χ1) is 4.34. The molecule has 4 heteroatoms. The van der Waals surface area contributed by atoms with Gasteiger partial charge in [-0.05, 0) is 0 Å². The van der Waals surface area contributed by atoms with E-state index in [9.17, 15) is 4.79 Å². The molecule has 1 rings (SSSR count). The molecular formula is C5H7NOSe2. The van der Waals surface area contributed by atoms with E-state index in [1.807, 2.05) is 0 Å². The fraction of sp³-hybridized carbons (Fsp3) is 0.800. The molecule has 0 spiro atoms. The average molecular weight is 255 g/mol. The molecule has 0 N–H and O–H groups in total. The molecule has 0 aromatic heterocycles. The van der Waals surface area contributed by atoms with Gasteiger partial charge in [0, 0.05) is 0 Å². The maximum absolute atomic E-state index is 9.83. The Morgan fingerprint density at radius 1 is 1.67 bits per heavy atom. The molecular weight excluding hydrogens is 248 g/mol. The monoisotopic (exact) mass is 257 g/mol. The van der Waals surface area contributed by atoms with Gasteiger partial charge in [-0.3, -0.25) is 0 Å². The van der Waals surface area contributed by atoms with Crippen LogP contribution < -0.4 is 0 Å². The van der Waals surface area contributed by atoms with E-state index in [-0.39, 0.29) is 0 Å². The quantitative estimate of drug-likeness (QED) is 0.375. The number of hydrogen-bond acceptors (Lipinski definition) is 2. The number of nitrogens with zero attached hydrogens (tertiary/aromatic N) is 1. The fourth-order valence-electron chi connectivity index (χ4n) is 0.628. The Balaban J connectivity index is 2.49. The summed E-state index contributed by atoms with van der Waals surface area (Å²) >= 11 is 1.36. The Morgan fingerprint density at radius 2 is 2.44 bits per heavy atom. The molecule has 2 atom stereocenters. The second-order valence-electron chi connectivity index (χ2n) is 1.77. The van der Waals surface area contributed by atoms with Crippen molar-refractivity contribution in [2.24, 2.45) is 4.99 Å². The van der Waals surface area contributed by atoms with Crippen LogP contribution >= 0.6 is 0 Å². The summed E-state index contributed by atoms with van der Waals surface area (Å²) in [6.45, 7) is 2.18. The van der Waals surface area contributed by atoms with Crippen LogP contribution in [0.5, 0.6) is 0 Å². The molecule has 0 radical (unpaired) electrons. The van der Waals surface area contributed by atoms with Crippen LogP contribution in [0.1, 0.15) is 6.92 Å². The molecule has 0 aliphatic carbocycles. The van der Waals surface area contributed by atoms with Crippen molar-refractivity contribution in [1.29, 1.82) is 0 Å². The number of isocyanates is 1. The predicted octanol–water partition coefficient (Wildman–Crippen LogP) is 0.254. The van der Waals surface area contributed by atoms with E-state index in [1.165, 1.54) is 4.22 Å². The molecule has 0 amide bonds. The molecule has 0 aromatic carbocycles. The van der Waals surface area contributed by atoms with Crippen molar-refractivity contribution < 1.29 is 4.79 Å². The number of aliphatic imine (C=N–C) groups is 1. The minimum absolute atomic E-state index is 0.370. The molecule has 2 unspecified atom stereocenters. The van der Waals surface area contributed by atoms with Gasteiger partial charge in [0.05, 0.1) is 0 Å². The summed E-state index contributed by atoms with van der Waals surface area (Å²) in [6.07, 6.45) is 1.64. The first kappa shape index (κ1) is 7.53.